The summed E-state index contributed by atoms with van der Waals surface area (Å²) >= 11 is 0. The van der Waals surface area contributed by atoms with Crippen LogP contribution in [-0.2, 0) is 6.42 Å². The maximum absolute atomic E-state index is 10.6. The number of aryl methyl sites for hydroxylation is 1. The fourth-order valence-electron chi connectivity index (χ4n) is 1.18. The van der Waals surface area contributed by atoms with Gasteiger partial charge in [0.2, 0.25) is 0 Å². The number of hydrogen-bond donors (Lipinski definition) is 2. The normalized spacial score (nSPS) is 10.1. The Morgan fingerprint density at radius 2 is 2.36 bits per heavy atom. The topological polar surface area (TPSA) is 62.2 Å². The standard InChI is InChI=1S/C10H14N2O2/c1-11-7-3-5-8-4-2-6-9(12-8)10(13)14/h2,4,6,11H,3,5,7H2,1H3,(H,13,14). The largest absolute Gasteiger partial charge is 0.477 e. The van der Waals surface area contributed by atoms with Gasteiger partial charge in [0.25, 0.3) is 0 Å². The van der Waals surface area contributed by atoms with Crippen molar-refractivity contribution in [2.24, 2.45) is 0 Å². The number of pyridine rings is 1. The molecule has 0 aliphatic carbocycles. The monoisotopic (exact) mass is 194 g/mol. The van der Waals surface area contributed by atoms with Crippen molar-refractivity contribution < 1.29 is 9.90 Å². The summed E-state index contributed by atoms with van der Waals surface area (Å²) in [6.45, 7) is 0.916. The number of aromatic nitrogens is 1. The Morgan fingerprint density at radius 3 is 3.00 bits per heavy atom. The van der Waals surface area contributed by atoms with E-state index in [9.17, 15) is 4.79 Å². The van der Waals surface area contributed by atoms with Crippen LogP contribution >= 0.6 is 0 Å². The molecule has 0 fully saturated rings. The highest BCUT2D eigenvalue weighted by Crippen LogP contribution is 2.02. The molecule has 0 aliphatic rings. The lowest BCUT2D eigenvalue weighted by Gasteiger charge is -2.01. The molecule has 0 spiro atoms. The molecular weight excluding hydrogens is 180 g/mol. The molecule has 2 N–H and O–H groups in total. The molecule has 1 aromatic heterocycles. The maximum atomic E-state index is 10.6. The molecule has 0 saturated heterocycles. The minimum absolute atomic E-state index is 0.118. The molecule has 0 atom stereocenters. The van der Waals surface area contributed by atoms with Crippen LogP contribution in [0.4, 0.5) is 0 Å². The molecule has 1 rings (SSSR count). The Morgan fingerprint density at radius 1 is 1.57 bits per heavy atom. The first kappa shape index (κ1) is 10.7. The second kappa shape index (κ2) is 5.34. The predicted molar refractivity (Wildman–Crippen MR) is 53.4 cm³/mol. The van der Waals surface area contributed by atoms with E-state index in [2.05, 4.69) is 10.3 Å². The van der Waals surface area contributed by atoms with Crippen molar-refractivity contribution in [1.82, 2.24) is 10.3 Å². The zero-order valence-corrected chi connectivity index (χ0v) is 8.16. The molecule has 4 nitrogen and oxygen atoms in total. The number of carboxylic acids is 1. The summed E-state index contributed by atoms with van der Waals surface area (Å²) < 4.78 is 0. The van der Waals surface area contributed by atoms with Crippen LogP contribution in [0, 0.1) is 0 Å². The summed E-state index contributed by atoms with van der Waals surface area (Å²) in [5.74, 6) is -0.972. The lowest BCUT2D eigenvalue weighted by atomic mass is 10.2. The van der Waals surface area contributed by atoms with Crippen molar-refractivity contribution in [3.63, 3.8) is 0 Å². The van der Waals surface area contributed by atoms with E-state index in [0.29, 0.717) is 0 Å². The van der Waals surface area contributed by atoms with Gasteiger partial charge in [-0.1, -0.05) is 6.07 Å². The van der Waals surface area contributed by atoms with E-state index >= 15 is 0 Å². The average Bonchev–Trinajstić information content (AvgIpc) is 2.19. The van der Waals surface area contributed by atoms with E-state index in [1.165, 1.54) is 6.07 Å². The zero-order valence-electron chi connectivity index (χ0n) is 8.16. The van der Waals surface area contributed by atoms with Gasteiger partial charge in [0.15, 0.2) is 0 Å². The second-order valence-electron chi connectivity index (χ2n) is 3.03. The maximum Gasteiger partial charge on any atom is 0.354 e. The van der Waals surface area contributed by atoms with Gasteiger partial charge >= 0.3 is 5.97 Å². The third kappa shape index (κ3) is 3.14. The summed E-state index contributed by atoms with van der Waals surface area (Å²) in [5, 5.41) is 11.7. The summed E-state index contributed by atoms with van der Waals surface area (Å²) in [7, 11) is 1.89. The van der Waals surface area contributed by atoms with Gasteiger partial charge in [0.05, 0.1) is 0 Å². The van der Waals surface area contributed by atoms with Crippen molar-refractivity contribution in [1.29, 1.82) is 0 Å². The molecule has 0 aromatic carbocycles. The van der Waals surface area contributed by atoms with Gasteiger partial charge in [-0.25, -0.2) is 9.78 Å². The molecule has 0 aliphatic heterocycles. The molecule has 14 heavy (non-hydrogen) atoms. The van der Waals surface area contributed by atoms with Crippen molar-refractivity contribution in [2.75, 3.05) is 13.6 Å². The smallest absolute Gasteiger partial charge is 0.354 e. The molecule has 1 aromatic rings. The van der Waals surface area contributed by atoms with E-state index in [-0.39, 0.29) is 5.69 Å². The van der Waals surface area contributed by atoms with Crippen LogP contribution in [-0.4, -0.2) is 29.7 Å². The number of rotatable bonds is 5. The first-order chi connectivity index (χ1) is 6.74. The van der Waals surface area contributed by atoms with Crippen molar-refractivity contribution in [3.05, 3.63) is 29.6 Å². The predicted octanol–water partition coefficient (Wildman–Crippen LogP) is 0.932. The highest BCUT2D eigenvalue weighted by Gasteiger charge is 2.04. The number of carbonyl (C=O) groups is 1. The van der Waals surface area contributed by atoms with Gasteiger partial charge in [0.1, 0.15) is 5.69 Å². The highest BCUT2D eigenvalue weighted by molar-refractivity contribution is 5.85. The lowest BCUT2D eigenvalue weighted by Crippen LogP contribution is -2.09. The van der Waals surface area contributed by atoms with E-state index < -0.39 is 5.97 Å². The van der Waals surface area contributed by atoms with Crippen LogP contribution in [0.2, 0.25) is 0 Å². The van der Waals surface area contributed by atoms with Gasteiger partial charge < -0.3 is 10.4 Å². The zero-order chi connectivity index (χ0) is 10.4. The third-order valence-electron chi connectivity index (χ3n) is 1.89. The van der Waals surface area contributed by atoms with Crippen molar-refractivity contribution in [3.8, 4) is 0 Å². The van der Waals surface area contributed by atoms with Crippen molar-refractivity contribution >= 4 is 5.97 Å². The molecule has 0 amide bonds. The molecule has 76 valence electrons. The minimum atomic E-state index is -0.972. The Labute approximate surface area is 83.0 Å². The van der Waals surface area contributed by atoms with E-state index in [0.717, 1.165) is 25.1 Å². The Hall–Kier alpha value is -1.42. The quantitative estimate of drug-likeness (QED) is 0.684. The molecule has 1 heterocycles. The number of hydrogen-bond acceptors (Lipinski definition) is 3. The van der Waals surface area contributed by atoms with E-state index in [1.807, 2.05) is 13.1 Å². The Bertz CT molecular complexity index is 313. The highest BCUT2D eigenvalue weighted by atomic mass is 16.4. The Kier molecular flexibility index (Phi) is 4.07. The van der Waals surface area contributed by atoms with E-state index in [1.54, 1.807) is 6.07 Å². The van der Waals surface area contributed by atoms with Gasteiger partial charge in [-0.3, -0.25) is 0 Å². The lowest BCUT2D eigenvalue weighted by molar-refractivity contribution is 0.0690. The Balaban J connectivity index is 2.59. The van der Waals surface area contributed by atoms with Crippen LogP contribution < -0.4 is 5.32 Å². The summed E-state index contributed by atoms with van der Waals surface area (Å²) in [5.41, 5.74) is 0.951. The fourth-order valence-corrected chi connectivity index (χ4v) is 1.18. The molecular formula is C10H14N2O2. The number of nitrogens with zero attached hydrogens (tertiary/aromatic N) is 1. The van der Waals surface area contributed by atoms with Crippen LogP contribution in [0.3, 0.4) is 0 Å². The molecule has 0 saturated carbocycles. The average molecular weight is 194 g/mol. The van der Waals surface area contributed by atoms with Gasteiger partial charge in [-0.05, 0) is 38.6 Å². The van der Waals surface area contributed by atoms with E-state index in [4.69, 9.17) is 5.11 Å². The van der Waals surface area contributed by atoms with Gasteiger partial charge in [0, 0.05) is 5.69 Å². The minimum Gasteiger partial charge on any atom is -0.477 e. The SMILES string of the molecule is CNCCCc1cccc(C(=O)O)n1. The van der Waals surface area contributed by atoms with Gasteiger partial charge in [-0.15, -0.1) is 0 Å². The molecule has 0 bridgehead atoms. The summed E-state index contributed by atoms with van der Waals surface area (Å²) in [6.07, 6.45) is 1.77. The van der Waals surface area contributed by atoms with Crippen LogP contribution in [0.1, 0.15) is 22.6 Å². The third-order valence-corrected chi connectivity index (χ3v) is 1.89. The fraction of sp³-hybridized carbons (Fsp3) is 0.400. The number of aromatic carboxylic acids is 1. The van der Waals surface area contributed by atoms with Gasteiger partial charge in [-0.2, -0.15) is 0 Å². The molecule has 4 heteroatoms. The summed E-state index contributed by atoms with van der Waals surface area (Å²) in [6, 6.07) is 5.08. The summed E-state index contributed by atoms with van der Waals surface area (Å²) in [4.78, 5) is 14.6. The molecule has 0 unspecified atom stereocenters. The molecule has 0 radical (unpaired) electrons. The van der Waals surface area contributed by atoms with Crippen LogP contribution in [0.25, 0.3) is 0 Å². The second-order valence-corrected chi connectivity index (χ2v) is 3.03. The number of nitrogens with one attached hydrogen (secondary N) is 1. The van der Waals surface area contributed by atoms with Crippen molar-refractivity contribution in [2.45, 2.75) is 12.8 Å². The number of carboxylic acid groups (broad SMARTS) is 1. The first-order valence-electron chi connectivity index (χ1n) is 4.58. The first-order valence-corrected chi connectivity index (χ1v) is 4.58. The van der Waals surface area contributed by atoms with Crippen LogP contribution in [0.15, 0.2) is 18.2 Å². The van der Waals surface area contributed by atoms with Crippen LogP contribution in [0.5, 0.6) is 0 Å².